The van der Waals surface area contributed by atoms with Gasteiger partial charge in [0, 0.05) is 37.0 Å². The quantitative estimate of drug-likeness (QED) is 0.864. The van der Waals surface area contributed by atoms with Gasteiger partial charge in [-0.25, -0.2) is 13.2 Å². The predicted molar refractivity (Wildman–Crippen MR) is 88.6 cm³/mol. The second-order valence-electron chi connectivity index (χ2n) is 6.57. The van der Waals surface area contributed by atoms with Gasteiger partial charge in [0.15, 0.2) is 0 Å². The third kappa shape index (κ3) is 2.96. The van der Waals surface area contributed by atoms with Crippen LogP contribution >= 0.6 is 11.3 Å². The molecule has 1 saturated heterocycles. The second kappa shape index (κ2) is 6.12. The number of sulfonamides is 1. The molecule has 24 heavy (non-hydrogen) atoms. The second-order valence-corrected chi connectivity index (χ2v) is 9.65. The largest absolute Gasteiger partial charge is 0.478 e. The lowest BCUT2D eigenvalue weighted by atomic mass is 9.69. The molecule has 1 amide bonds. The molecule has 1 N–H and O–H groups in total. The molecule has 3 rings (SSSR count). The number of nitrogens with zero attached hydrogens (tertiary/aromatic N) is 2. The first kappa shape index (κ1) is 17.4. The van der Waals surface area contributed by atoms with Crippen LogP contribution in [0.1, 0.15) is 36.5 Å². The van der Waals surface area contributed by atoms with Crippen LogP contribution in [0, 0.1) is 5.41 Å². The fourth-order valence-corrected chi connectivity index (χ4v) is 5.85. The van der Waals surface area contributed by atoms with Crippen LogP contribution < -0.4 is 0 Å². The minimum Gasteiger partial charge on any atom is -0.478 e. The van der Waals surface area contributed by atoms with Gasteiger partial charge in [0.1, 0.15) is 4.21 Å². The van der Waals surface area contributed by atoms with Gasteiger partial charge in [0.05, 0.1) is 5.56 Å². The molecule has 1 saturated carbocycles. The van der Waals surface area contributed by atoms with Gasteiger partial charge in [-0.05, 0) is 18.9 Å². The fourth-order valence-electron chi connectivity index (χ4n) is 3.13. The monoisotopic (exact) mass is 372 g/mol. The molecule has 1 aromatic heterocycles. The van der Waals surface area contributed by atoms with E-state index in [2.05, 4.69) is 0 Å². The summed E-state index contributed by atoms with van der Waals surface area (Å²) >= 11 is 0.912. The molecule has 0 spiro atoms. The Morgan fingerprint density at radius 3 is 2.29 bits per heavy atom. The van der Waals surface area contributed by atoms with Crippen LogP contribution in [0.15, 0.2) is 15.7 Å². The molecule has 2 fully saturated rings. The lowest BCUT2D eigenvalue weighted by Gasteiger charge is -2.43. The first-order valence-corrected chi connectivity index (χ1v) is 10.2. The number of aromatic carboxylic acids is 1. The Kier molecular flexibility index (Phi) is 4.43. The van der Waals surface area contributed by atoms with E-state index in [1.807, 2.05) is 6.92 Å². The number of thiophene rings is 1. The van der Waals surface area contributed by atoms with Gasteiger partial charge < -0.3 is 10.0 Å². The zero-order chi connectivity index (χ0) is 17.5. The number of carboxylic acids is 1. The number of amides is 1. The molecule has 9 heteroatoms. The minimum absolute atomic E-state index is 0.0229. The Morgan fingerprint density at radius 1 is 1.21 bits per heavy atom. The van der Waals surface area contributed by atoms with Gasteiger partial charge in [0.2, 0.25) is 5.91 Å². The van der Waals surface area contributed by atoms with Crippen molar-refractivity contribution in [3.8, 4) is 0 Å². The SMILES string of the molecule is CC1(C(=O)N2CCN(S(=O)(=O)c3cc(C(=O)O)cs3)CC2)CCC1. The van der Waals surface area contributed by atoms with Crippen LogP contribution in [0.4, 0.5) is 0 Å². The average molecular weight is 372 g/mol. The van der Waals surface area contributed by atoms with Crippen LogP contribution in [0.5, 0.6) is 0 Å². The molecule has 2 heterocycles. The Balaban J connectivity index is 1.67. The summed E-state index contributed by atoms with van der Waals surface area (Å²) < 4.78 is 26.6. The smallest absolute Gasteiger partial charge is 0.336 e. The van der Waals surface area contributed by atoms with Crippen LogP contribution in [-0.4, -0.2) is 60.8 Å². The Labute approximate surface area is 144 Å². The Morgan fingerprint density at radius 2 is 1.83 bits per heavy atom. The molecular formula is C15H20N2O5S2. The van der Waals surface area contributed by atoms with Crippen molar-refractivity contribution in [3.63, 3.8) is 0 Å². The van der Waals surface area contributed by atoms with Gasteiger partial charge >= 0.3 is 5.97 Å². The summed E-state index contributed by atoms with van der Waals surface area (Å²) in [6.45, 7) is 3.21. The van der Waals surface area contributed by atoms with Crippen molar-refractivity contribution >= 4 is 33.2 Å². The molecule has 0 unspecified atom stereocenters. The molecule has 0 radical (unpaired) electrons. The van der Waals surface area contributed by atoms with Crippen molar-refractivity contribution in [2.45, 2.75) is 30.4 Å². The van der Waals surface area contributed by atoms with E-state index in [0.29, 0.717) is 13.1 Å². The summed E-state index contributed by atoms with van der Waals surface area (Å²) in [7, 11) is -3.70. The summed E-state index contributed by atoms with van der Waals surface area (Å²) in [6.07, 6.45) is 2.87. The Hall–Kier alpha value is -1.45. The maximum absolute atomic E-state index is 12.6. The molecular weight excluding hydrogens is 352 g/mol. The van der Waals surface area contributed by atoms with E-state index in [1.165, 1.54) is 15.8 Å². The van der Waals surface area contributed by atoms with Gasteiger partial charge in [-0.15, -0.1) is 11.3 Å². The summed E-state index contributed by atoms with van der Waals surface area (Å²) in [5.41, 5.74) is -0.296. The normalized spacial score (nSPS) is 21.3. The van der Waals surface area contributed by atoms with Crippen LogP contribution in [0.3, 0.4) is 0 Å². The zero-order valence-electron chi connectivity index (χ0n) is 13.4. The van der Waals surface area contributed by atoms with Crippen molar-refractivity contribution < 1.29 is 23.1 Å². The first-order valence-electron chi connectivity index (χ1n) is 7.85. The summed E-state index contributed by atoms with van der Waals surface area (Å²) in [4.78, 5) is 25.2. The van der Waals surface area contributed by atoms with Gasteiger partial charge in [-0.3, -0.25) is 4.79 Å². The molecule has 2 aliphatic rings. The predicted octanol–water partition coefficient (Wildman–Crippen LogP) is 1.47. The lowest BCUT2D eigenvalue weighted by Crippen LogP contribution is -2.55. The number of carbonyl (C=O) groups is 2. The van der Waals surface area contributed by atoms with Crippen LogP contribution in [0.25, 0.3) is 0 Å². The third-order valence-electron chi connectivity index (χ3n) is 4.92. The third-order valence-corrected chi connectivity index (χ3v) is 8.23. The highest BCUT2D eigenvalue weighted by atomic mass is 32.2. The average Bonchev–Trinajstić information content (AvgIpc) is 3.03. The van der Waals surface area contributed by atoms with E-state index in [0.717, 1.165) is 30.6 Å². The highest BCUT2D eigenvalue weighted by Crippen LogP contribution is 2.42. The molecule has 132 valence electrons. The van der Waals surface area contributed by atoms with E-state index >= 15 is 0 Å². The first-order chi connectivity index (χ1) is 11.2. The number of carboxylic acid groups (broad SMARTS) is 1. The topological polar surface area (TPSA) is 95.0 Å². The van der Waals surface area contributed by atoms with Gasteiger partial charge in [0.25, 0.3) is 10.0 Å². The van der Waals surface area contributed by atoms with Crippen LogP contribution in [0.2, 0.25) is 0 Å². The van der Waals surface area contributed by atoms with Crippen molar-refractivity contribution in [1.82, 2.24) is 9.21 Å². The molecule has 1 aliphatic carbocycles. The highest BCUT2D eigenvalue weighted by molar-refractivity contribution is 7.91. The fraction of sp³-hybridized carbons (Fsp3) is 0.600. The van der Waals surface area contributed by atoms with Crippen LogP contribution in [-0.2, 0) is 14.8 Å². The Bertz CT molecular complexity index is 759. The maximum atomic E-state index is 12.6. The molecule has 7 nitrogen and oxygen atoms in total. The number of hydrogen-bond acceptors (Lipinski definition) is 5. The number of hydrogen-bond donors (Lipinski definition) is 1. The number of piperazine rings is 1. The van der Waals surface area contributed by atoms with E-state index < -0.39 is 16.0 Å². The minimum atomic E-state index is -3.70. The van der Waals surface area contributed by atoms with Crippen molar-refractivity contribution in [2.24, 2.45) is 5.41 Å². The zero-order valence-corrected chi connectivity index (χ0v) is 15.0. The molecule has 1 aliphatic heterocycles. The van der Waals surface area contributed by atoms with E-state index in [4.69, 9.17) is 5.11 Å². The van der Waals surface area contributed by atoms with Gasteiger partial charge in [-0.1, -0.05) is 13.3 Å². The van der Waals surface area contributed by atoms with E-state index in [1.54, 1.807) is 4.90 Å². The van der Waals surface area contributed by atoms with Crippen molar-refractivity contribution in [2.75, 3.05) is 26.2 Å². The van der Waals surface area contributed by atoms with Crippen molar-refractivity contribution in [3.05, 3.63) is 17.0 Å². The van der Waals surface area contributed by atoms with E-state index in [-0.39, 0.29) is 34.2 Å². The molecule has 0 aromatic carbocycles. The summed E-state index contributed by atoms with van der Waals surface area (Å²) in [6, 6.07) is 1.19. The van der Waals surface area contributed by atoms with E-state index in [9.17, 15) is 18.0 Å². The standard InChI is InChI=1S/C15H20N2O5S2/c1-15(3-2-4-15)14(20)16-5-7-17(8-6-16)24(21,22)12-9-11(10-23-12)13(18)19/h9-10H,2-8H2,1H3,(H,18,19). The molecule has 0 bridgehead atoms. The number of rotatable bonds is 4. The lowest BCUT2D eigenvalue weighted by molar-refractivity contribution is -0.147. The number of carbonyl (C=O) groups excluding carboxylic acids is 1. The van der Waals surface area contributed by atoms with Gasteiger partial charge in [-0.2, -0.15) is 4.31 Å². The molecule has 0 atom stereocenters. The molecule has 1 aromatic rings. The van der Waals surface area contributed by atoms with Crippen molar-refractivity contribution in [1.29, 1.82) is 0 Å². The maximum Gasteiger partial charge on any atom is 0.336 e. The summed E-state index contributed by atoms with van der Waals surface area (Å²) in [5.74, 6) is -1.02. The highest BCUT2D eigenvalue weighted by Gasteiger charge is 2.43. The summed E-state index contributed by atoms with van der Waals surface area (Å²) in [5, 5.41) is 10.3.